The van der Waals surface area contributed by atoms with Crippen molar-refractivity contribution in [1.29, 1.82) is 0 Å². The van der Waals surface area contributed by atoms with E-state index in [1.165, 1.54) is 17.0 Å². The molecule has 0 aliphatic carbocycles. The van der Waals surface area contributed by atoms with Gasteiger partial charge in [0.15, 0.2) is 0 Å². The van der Waals surface area contributed by atoms with Gasteiger partial charge >= 0.3 is 6.18 Å². The highest BCUT2D eigenvalue weighted by Crippen LogP contribution is 2.36. The standard InChI is InChI=1S/C13H15F4NO/c14-11-4-1-5-12(10(11)8-19)18-6-2-3-9(7-18)13(15,16)17/h1,4-5,9,19H,2-3,6-8H2. The third-order valence-electron chi connectivity index (χ3n) is 3.48. The monoisotopic (exact) mass is 277 g/mol. The van der Waals surface area contributed by atoms with Gasteiger partial charge in [0.2, 0.25) is 0 Å². The molecule has 0 spiro atoms. The van der Waals surface area contributed by atoms with Crippen LogP contribution in [0.15, 0.2) is 18.2 Å². The summed E-state index contributed by atoms with van der Waals surface area (Å²) in [5.74, 6) is -1.98. The van der Waals surface area contributed by atoms with E-state index in [0.717, 1.165) is 0 Å². The minimum Gasteiger partial charge on any atom is -0.391 e. The molecule has 0 aromatic heterocycles. The van der Waals surface area contributed by atoms with Gasteiger partial charge in [0.1, 0.15) is 5.82 Å². The number of aliphatic hydroxyl groups excluding tert-OH is 1. The Morgan fingerprint density at radius 3 is 2.68 bits per heavy atom. The first kappa shape index (κ1) is 14.1. The van der Waals surface area contributed by atoms with Gasteiger partial charge in [-0.25, -0.2) is 4.39 Å². The number of anilines is 1. The summed E-state index contributed by atoms with van der Waals surface area (Å²) in [4.78, 5) is 1.51. The summed E-state index contributed by atoms with van der Waals surface area (Å²) < 4.78 is 51.8. The van der Waals surface area contributed by atoms with E-state index in [0.29, 0.717) is 18.7 Å². The molecule has 106 valence electrons. The molecule has 1 unspecified atom stereocenters. The largest absolute Gasteiger partial charge is 0.393 e. The molecule has 2 rings (SSSR count). The first-order valence-corrected chi connectivity index (χ1v) is 6.13. The smallest absolute Gasteiger partial charge is 0.391 e. The molecule has 6 heteroatoms. The number of alkyl halides is 3. The lowest BCUT2D eigenvalue weighted by molar-refractivity contribution is -0.176. The number of halogens is 4. The predicted octanol–water partition coefficient (Wildman–Crippen LogP) is 3.10. The van der Waals surface area contributed by atoms with Crippen molar-refractivity contribution in [3.63, 3.8) is 0 Å². The molecule has 19 heavy (non-hydrogen) atoms. The van der Waals surface area contributed by atoms with Gasteiger partial charge in [-0.2, -0.15) is 13.2 Å². The molecule has 1 fully saturated rings. The molecule has 1 saturated heterocycles. The van der Waals surface area contributed by atoms with Crippen molar-refractivity contribution in [1.82, 2.24) is 0 Å². The van der Waals surface area contributed by atoms with Crippen molar-refractivity contribution in [3.05, 3.63) is 29.6 Å². The van der Waals surface area contributed by atoms with Gasteiger partial charge in [0, 0.05) is 24.3 Å². The zero-order chi connectivity index (χ0) is 14.0. The number of hydrogen-bond donors (Lipinski definition) is 1. The Balaban J connectivity index is 2.25. The number of rotatable bonds is 2. The molecule has 0 bridgehead atoms. The van der Waals surface area contributed by atoms with Gasteiger partial charge < -0.3 is 10.0 Å². The van der Waals surface area contributed by atoms with E-state index < -0.39 is 24.5 Å². The summed E-state index contributed by atoms with van der Waals surface area (Å²) >= 11 is 0. The molecular formula is C13H15F4NO. The van der Waals surface area contributed by atoms with Gasteiger partial charge in [-0.1, -0.05) is 6.07 Å². The molecule has 1 aliphatic rings. The van der Waals surface area contributed by atoms with Crippen LogP contribution in [0.25, 0.3) is 0 Å². The second-order valence-corrected chi connectivity index (χ2v) is 4.72. The minimum absolute atomic E-state index is 0.0605. The van der Waals surface area contributed by atoms with Gasteiger partial charge in [0.05, 0.1) is 12.5 Å². The molecule has 1 aromatic carbocycles. The summed E-state index contributed by atoms with van der Waals surface area (Å²) in [6.45, 7) is -0.252. The van der Waals surface area contributed by atoms with E-state index in [9.17, 15) is 17.6 Å². The molecule has 0 amide bonds. The second-order valence-electron chi connectivity index (χ2n) is 4.72. The predicted molar refractivity (Wildman–Crippen MR) is 63.3 cm³/mol. The molecule has 1 aromatic rings. The third-order valence-corrected chi connectivity index (χ3v) is 3.48. The maximum Gasteiger partial charge on any atom is 0.393 e. The van der Waals surface area contributed by atoms with Gasteiger partial charge in [0.25, 0.3) is 0 Å². The van der Waals surface area contributed by atoms with E-state index in [2.05, 4.69) is 0 Å². The fourth-order valence-corrected chi connectivity index (χ4v) is 2.46. The van der Waals surface area contributed by atoms with Crippen LogP contribution in [0.1, 0.15) is 18.4 Å². The quantitative estimate of drug-likeness (QED) is 0.840. The van der Waals surface area contributed by atoms with Gasteiger partial charge in [-0.05, 0) is 25.0 Å². The van der Waals surface area contributed by atoms with Gasteiger partial charge in [-0.3, -0.25) is 0 Å². The topological polar surface area (TPSA) is 23.5 Å². The minimum atomic E-state index is -4.23. The lowest BCUT2D eigenvalue weighted by Crippen LogP contribution is -2.42. The lowest BCUT2D eigenvalue weighted by Gasteiger charge is -2.36. The normalized spacial score (nSPS) is 20.7. The van der Waals surface area contributed by atoms with E-state index in [1.54, 1.807) is 6.07 Å². The second kappa shape index (κ2) is 5.36. The Bertz CT molecular complexity index is 447. The molecule has 1 heterocycles. The van der Waals surface area contributed by atoms with Crippen LogP contribution in [0.4, 0.5) is 23.2 Å². The molecule has 0 saturated carbocycles. The van der Waals surface area contributed by atoms with E-state index in [4.69, 9.17) is 5.11 Å². The van der Waals surface area contributed by atoms with Crippen LogP contribution in [0.2, 0.25) is 0 Å². The Morgan fingerprint density at radius 2 is 2.05 bits per heavy atom. The molecule has 2 nitrogen and oxygen atoms in total. The maximum atomic E-state index is 13.5. The molecule has 0 radical (unpaired) electrons. The van der Waals surface area contributed by atoms with Crippen molar-refractivity contribution in [2.75, 3.05) is 18.0 Å². The highest BCUT2D eigenvalue weighted by Gasteiger charge is 2.42. The van der Waals surface area contributed by atoms with E-state index >= 15 is 0 Å². The van der Waals surface area contributed by atoms with Crippen molar-refractivity contribution in [2.45, 2.75) is 25.6 Å². The third kappa shape index (κ3) is 3.00. The molecule has 1 aliphatic heterocycles. The van der Waals surface area contributed by atoms with Crippen LogP contribution in [0.5, 0.6) is 0 Å². The van der Waals surface area contributed by atoms with Crippen molar-refractivity contribution in [2.24, 2.45) is 5.92 Å². The Kier molecular flexibility index (Phi) is 3.99. The van der Waals surface area contributed by atoms with Crippen molar-refractivity contribution < 1.29 is 22.7 Å². The van der Waals surface area contributed by atoms with Crippen LogP contribution in [-0.4, -0.2) is 24.4 Å². The van der Waals surface area contributed by atoms with Crippen LogP contribution < -0.4 is 4.90 Å². The number of benzene rings is 1. The summed E-state index contributed by atoms with van der Waals surface area (Å²) in [5.41, 5.74) is 0.418. The van der Waals surface area contributed by atoms with Crippen LogP contribution in [0.3, 0.4) is 0 Å². The van der Waals surface area contributed by atoms with E-state index in [-0.39, 0.29) is 18.5 Å². The molecular weight excluding hydrogens is 262 g/mol. The maximum absolute atomic E-state index is 13.5. The Hall–Kier alpha value is -1.30. The number of piperidine rings is 1. The van der Waals surface area contributed by atoms with Crippen molar-refractivity contribution in [3.8, 4) is 0 Å². The number of aliphatic hydroxyl groups is 1. The SMILES string of the molecule is OCc1c(F)cccc1N1CCCC(C(F)(F)F)C1. The average molecular weight is 277 g/mol. The fraction of sp³-hybridized carbons (Fsp3) is 0.538. The Labute approximate surface area is 108 Å². The molecule has 1 N–H and O–H groups in total. The van der Waals surface area contributed by atoms with Crippen LogP contribution in [-0.2, 0) is 6.61 Å². The number of hydrogen-bond acceptors (Lipinski definition) is 2. The highest BCUT2D eigenvalue weighted by molar-refractivity contribution is 5.54. The molecule has 1 atom stereocenters. The lowest BCUT2D eigenvalue weighted by atomic mass is 9.96. The number of nitrogens with zero attached hydrogens (tertiary/aromatic N) is 1. The zero-order valence-electron chi connectivity index (χ0n) is 10.3. The first-order chi connectivity index (χ1) is 8.93. The first-order valence-electron chi connectivity index (χ1n) is 6.13. The van der Waals surface area contributed by atoms with Crippen LogP contribution in [0, 0.1) is 11.7 Å². The van der Waals surface area contributed by atoms with Crippen molar-refractivity contribution >= 4 is 5.69 Å². The summed E-state index contributed by atoms with van der Waals surface area (Å²) in [6.07, 6.45) is -3.72. The zero-order valence-corrected chi connectivity index (χ0v) is 10.3. The Morgan fingerprint density at radius 1 is 1.32 bits per heavy atom. The average Bonchev–Trinajstić information content (AvgIpc) is 2.37. The summed E-state index contributed by atoms with van der Waals surface area (Å²) in [6, 6.07) is 4.19. The summed E-state index contributed by atoms with van der Waals surface area (Å²) in [7, 11) is 0. The van der Waals surface area contributed by atoms with E-state index in [1.807, 2.05) is 0 Å². The summed E-state index contributed by atoms with van der Waals surface area (Å²) in [5, 5.41) is 9.17. The van der Waals surface area contributed by atoms with Gasteiger partial charge in [-0.15, -0.1) is 0 Å². The highest BCUT2D eigenvalue weighted by atomic mass is 19.4. The van der Waals surface area contributed by atoms with Crippen LogP contribution >= 0.6 is 0 Å². The fourth-order valence-electron chi connectivity index (χ4n) is 2.46.